The van der Waals surface area contributed by atoms with E-state index in [4.69, 9.17) is 4.74 Å². The average Bonchev–Trinajstić information content (AvgIpc) is 3.09. The lowest BCUT2D eigenvalue weighted by molar-refractivity contribution is -0.128. The number of carbonyl (C=O) groups is 2. The number of amides is 2. The summed E-state index contributed by atoms with van der Waals surface area (Å²) in [5.41, 5.74) is 0.812. The van der Waals surface area contributed by atoms with Gasteiger partial charge in [0.25, 0.3) is 5.91 Å². The number of nitrogens with zero attached hydrogens (tertiary/aromatic N) is 5. The molecule has 1 aliphatic heterocycles. The summed E-state index contributed by atoms with van der Waals surface area (Å²) < 4.78 is 4.70. The van der Waals surface area contributed by atoms with Crippen LogP contribution >= 0.6 is 0 Å². The van der Waals surface area contributed by atoms with Crippen molar-refractivity contribution in [3.05, 3.63) is 30.3 Å². The predicted octanol–water partition coefficient (Wildman–Crippen LogP) is 0.319. The lowest BCUT2D eigenvalue weighted by Crippen LogP contribution is -2.35. The summed E-state index contributed by atoms with van der Waals surface area (Å²) in [6.07, 6.45) is -0.626. The van der Waals surface area contributed by atoms with Gasteiger partial charge >= 0.3 is 6.09 Å². The van der Waals surface area contributed by atoms with E-state index in [1.54, 1.807) is 0 Å². The molecule has 0 unspecified atom stereocenters. The number of hydrogen-bond acceptors (Lipinski definition) is 6. The maximum absolute atomic E-state index is 11.9. The largest absolute Gasteiger partial charge is 0.447 e. The number of carbonyl (C=O) groups excluding carboxylic acids is 2. The molecule has 1 aromatic heterocycles. The number of cyclic esters (lactones) is 1. The molecule has 1 aromatic carbocycles. The summed E-state index contributed by atoms with van der Waals surface area (Å²) >= 11 is 0. The molecule has 3 rings (SSSR count). The van der Waals surface area contributed by atoms with Crippen molar-refractivity contribution in [3.63, 3.8) is 0 Å². The van der Waals surface area contributed by atoms with E-state index in [1.165, 1.54) is 0 Å². The predicted molar refractivity (Wildman–Crippen MR) is 66.3 cm³/mol. The van der Waals surface area contributed by atoms with E-state index < -0.39 is 12.0 Å². The van der Waals surface area contributed by atoms with Crippen molar-refractivity contribution < 1.29 is 14.3 Å². The molecule has 0 radical (unpaired) electrons. The molecule has 0 saturated carbocycles. The van der Waals surface area contributed by atoms with E-state index >= 15 is 0 Å². The number of hydrogen-bond donors (Lipinski definition) is 0. The third-order valence-electron chi connectivity index (χ3n) is 2.82. The zero-order valence-corrected chi connectivity index (χ0v) is 10.5. The van der Waals surface area contributed by atoms with Crippen molar-refractivity contribution in [3.8, 4) is 11.4 Å². The van der Waals surface area contributed by atoms with Gasteiger partial charge in [-0.3, -0.25) is 4.79 Å². The Kier molecular flexibility index (Phi) is 3.12. The molecular weight excluding hydrogens is 262 g/mol. The highest BCUT2D eigenvalue weighted by Crippen LogP contribution is 2.12. The van der Waals surface area contributed by atoms with Gasteiger partial charge in [0.05, 0.1) is 6.54 Å². The molecule has 0 N–H and O–H groups in total. The van der Waals surface area contributed by atoms with Crippen molar-refractivity contribution in [1.82, 2.24) is 25.1 Å². The Morgan fingerprint density at radius 3 is 2.80 bits per heavy atom. The van der Waals surface area contributed by atoms with Gasteiger partial charge in [-0.1, -0.05) is 30.3 Å². The number of benzene rings is 1. The Labute approximate surface area is 113 Å². The van der Waals surface area contributed by atoms with Crippen LogP contribution in [0, 0.1) is 0 Å². The third kappa shape index (κ3) is 2.35. The number of ether oxygens (including phenoxy) is 1. The molecule has 8 heteroatoms. The normalized spacial score (nSPS) is 14.4. The minimum atomic E-state index is -0.626. The lowest BCUT2D eigenvalue weighted by Gasteiger charge is -2.08. The zero-order valence-electron chi connectivity index (χ0n) is 10.5. The quantitative estimate of drug-likeness (QED) is 0.800. The van der Waals surface area contributed by atoms with Crippen molar-refractivity contribution in [2.75, 3.05) is 13.2 Å². The minimum absolute atomic E-state index is 0.144. The van der Waals surface area contributed by atoms with E-state index in [1.807, 2.05) is 30.3 Å². The standard InChI is InChI=1S/C12H11N5O3/c18-10(16-6-7-20-12(16)19)8-17-14-11(13-15-17)9-4-2-1-3-5-9/h1-5H,6-8H2. The van der Waals surface area contributed by atoms with Crippen molar-refractivity contribution in [2.24, 2.45) is 0 Å². The molecule has 102 valence electrons. The van der Waals surface area contributed by atoms with E-state index in [0.717, 1.165) is 15.3 Å². The highest BCUT2D eigenvalue weighted by atomic mass is 16.6. The zero-order chi connectivity index (χ0) is 13.9. The summed E-state index contributed by atoms with van der Waals surface area (Å²) in [6.45, 7) is 0.345. The maximum Gasteiger partial charge on any atom is 0.416 e. The fraction of sp³-hybridized carbons (Fsp3) is 0.250. The summed E-state index contributed by atoms with van der Waals surface area (Å²) in [7, 11) is 0. The van der Waals surface area contributed by atoms with Crippen LogP contribution in [-0.2, 0) is 16.1 Å². The Bertz CT molecular complexity index is 640. The van der Waals surface area contributed by atoms with Crippen LogP contribution in [0.3, 0.4) is 0 Å². The highest BCUT2D eigenvalue weighted by Gasteiger charge is 2.28. The lowest BCUT2D eigenvalue weighted by atomic mass is 10.2. The number of rotatable bonds is 3. The maximum atomic E-state index is 11.9. The second-order valence-electron chi connectivity index (χ2n) is 4.17. The van der Waals surface area contributed by atoms with Gasteiger partial charge in [0.15, 0.2) is 0 Å². The van der Waals surface area contributed by atoms with Gasteiger partial charge in [-0.05, 0) is 5.21 Å². The van der Waals surface area contributed by atoms with Gasteiger partial charge in [-0.15, -0.1) is 10.2 Å². The molecule has 2 amide bonds. The summed E-state index contributed by atoms with van der Waals surface area (Å²) in [4.78, 5) is 25.3. The Balaban J connectivity index is 1.71. The minimum Gasteiger partial charge on any atom is -0.447 e. The Hall–Kier alpha value is -2.77. The fourth-order valence-corrected chi connectivity index (χ4v) is 1.84. The smallest absolute Gasteiger partial charge is 0.416 e. The molecule has 0 spiro atoms. The van der Waals surface area contributed by atoms with E-state index in [2.05, 4.69) is 15.4 Å². The first-order valence-electron chi connectivity index (χ1n) is 6.04. The first-order valence-corrected chi connectivity index (χ1v) is 6.04. The van der Waals surface area contributed by atoms with Crippen molar-refractivity contribution >= 4 is 12.0 Å². The van der Waals surface area contributed by atoms with Gasteiger partial charge < -0.3 is 4.74 Å². The van der Waals surface area contributed by atoms with Crippen LogP contribution in [0.5, 0.6) is 0 Å². The van der Waals surface area contributed by atoms with Crippen molar-refractivity contribution in [1.29, 1.82) is 0 Å². The molecule has 1 aliphatic rings. The van der Waals surface area contributed by atoms with E-state index in [0.29, 0.717) is 5.82 Å². The highest BCUT2D eigenvalue weighted by molar-refractivity contribution is 5.92. The van der Waals surface area contributed by atoms with Crippen LogP contribution in [0.1, 0.15) is 0 Å². The van der Waals surface area contributed by atoms with Crippen molar-refractivity contribution in [2.45, 2.75) is 6.54 Å². The first kappa shape index (κ1) is 12.3. The van der Waals surface area contributed by atoms with Gasteiger partial charge in [0, 0.05) is 5.56 Å². The molecule has 0 bridgehead atoms. The van der Waals surface area contributed by atoms with Crippen LogP contribution in [0.2, 0.25) is 0 Å². The van der Waals surface area contributed by atoms with Crippen LogP contribution in [0.25, 0.3) is 11.4 Å². The van der Waals surface area contributed by atoms with E-state index in [9.17, 15) is 9.59 Å². The molecule has 20 heavy (non-hydrogen) atoms. The SMILES string of the molecule is O=C(Cn1nnc(-c2ccccc2)n1)N1CCOC1=O. The molecule has 0 atom stereocenters. The van der Waals surface area contributed by atoms with Crippen LogP contribution in [-0.4, -0.2) is 50.3 Å². The topological polar surface area (TPSA) is 90.2 Å². The molecule has 0 aliphatic carbocycles. The van der Waals surface area contributed by atoms with Gasteiger partial charge in [-0.2, -0.15) is 4.80 Å². The summed E-state index contributed by atoms with van der Waals surface area (Å²) in [6, 6.07) is 9.31. The van der Waals surface area contributed by atoms with Gasteiger partial charge in [-0.25, -0.2) is 9.69 Å². The molecule has 8 nitrogen and oxygen atoms in total. The third-order valence-corrected chi connectivity index (χ3v) is 2.82. The van der Waals surface area contributed by atoms with Gasteiger partial charge in [0.2, 0.25) is 5.82 Å². The average molecular weight is 273 g/mol. The van der Waals surface area contributed by atoms with Crippen LogP contribution < -0.4 is 0 Å². The van der Waals surface area contributed by atoms with E-state index in [-0.39, 0.29) is 19.7 Å². The van der Waals surface area contributed by atoms with Gasteiger partial charge in [0.1, 0.15) is 13.2 Å². The first-order chi connectivity index (χ1) is 9.74. The molecule has 2 heterocycles. The molecule has 1 saturated heterocycles. The fourth-order valence-electron chi connectivity index (χ4n) is 1.84. The Morgan fingerprint density at radius 2 is 2.10 bits per heavy atom. The summed E-state index contributed by atoms with van der Waals surface area (Å²) in [5, 5.41) is 11.8. The summed E-state index contributed by atoms with van der Waals surface area (Å²) in [5.74, 6) is 0.0203. The molecule has 2 aromatic rings. The molecular formula is C12H11N5O3. The number of imide groups is 1. The second kappa shape index (κ2) is 5.08. The monoisotopic (exact) mass is 273 g/mol. The molecule has 1 fully saturated rings. The Morgan fingerprint density at radius 1 is 1.30 bits per heavy atom. The van der Waals surface area contributed by atoms with Crippen LogP contribution in [0.4, 0.5) is 4.79 Å². The number of tetrazole rings is 1. The number of aromatic nitrogens is 4. The van der Waals surface area contributed by atoms with Crippen LogP contribution in [0.15, 0.2) is 30.3 Å². The second-order valence-corrected chi connectivity index (χ2v) is 4.17.